The van der Waals surface area contributed by atoms with Crippen LogP contribution in [0.4, 0.5) is 0 Å². The molecule has 104 valence electrons. The van der Waals surface area contributed by atoms with E-state index in [9.17, 15) is 9.59 Å². The topological polar surface area (TPSA) is 73.5 Å². The molecule has 0 aromatic carbocycles. The lowest BCUT2D eigenvalue weighted by atomic mass is 10.1. The van der Waals surface area contributed by atoms with E-state index in [1.54, 1.807) is 7.05 Å². The Balaban J connectivity index is 2.34. The van der Waals surface area contributed by atoms with E-state index in [1.165, 1.54) is 4.90 Å². The monoisotopic (exact) mass is 256 g/mol. The molecular weight excluding hydrogens is 232 g/mol. The molecule has 1 fully saturated rings. The first kappa shape index (κ1) is 14.9. The van der Waals surface area contributed by atoms with Gasteiger partial charge in [-0.3, -0.25) is 9.59 Å². The summed E-state index contributed by atoms with van der Waals surface area (Å²) in [7, 11) is 1.66. The average molecular weight is 256 g/mol. The lowest BCUT2D eigenvalue weighted by Crippen LogP contribution is -2.59. The van der Waals surface area contributed by atoms with Gasteiger partial charge < -0.3 is 20.9 Å². The van der Waals surface area contributed by atoms with Crippen molar-refractivity contribution in [3.63, 3.8) is 0 Å². The molecule has 18 heavy (non-hydrogen) atoms. The summed E-state index contributed by atoms with van der Waals surface area (Å²) in [6.07, 6.45) is 0.898. The summed E-state index contributed by atoms with van der Waals surface area (Å²) in [4.78, 5) is 25.0. The van der Waals surface area contributed by atoms with Gasteiger partial charge in [-0.15, -0.1) is 0 Å². The molecular formula is C12H24N4O2. The van der Waals surface area contributed by atoms with E-state index in [1.807, 2.05) is 6.92 Å². The molecule has 6 nitrogen and oxygen atoms in total. The van der Waals surface area contributed by atoms with Crippen molar-refractivity contribution >= 4 is 11.8 Å². The molecule has 0 aromatic rings. The van der Waals surface area contributed by atoms with Gasteiger partial charge in [0.1, 0.15) is 0 Å². The number of hydrogen-bond acceptors (Lipinski definition) is 4. The van der Waals surface area contributed by atoms with E-state index in [0.29, 0.717) is 19.1 Å². The first-order valence-corrected chi connectivity index (χ1v) is 6.53. The van der Waals surface area contributed by atoms with Crippen molar-refractivity contribution in [3.8, 4) is 0 Å². The van der Waals surface area contributed by atoms with Crippen molar-refractivity contribution in [2.45, 2.75) is 32.4 Å². The molecule has 0 spiro atoms. The molecule has 0 aromatic heterocycles. The molecule has 0 bridgehead atoms. The van der Waals surface area contributed by atoms with Gasteiger partial charge in [-0.1, -0.05) is 6.92 Å². The van der Waals surface area contributed by atoms with E-state index in [0.717, 1.165) is 13.0 Å². The zero-order valence-electron chi connectivity index (χ0n) is 11.5. The third-order valence-electron chi connectivity index (χ3n) is 2.97. The van der Waals surface area contributed by atoms with E-state index >= 15 is 0 Å². The second-order valence-electron chi connectivity index (χ2n) is 4.81. The minimum Gasteiger partial charge on any atom is -0.355 e. The maximum Gasteiger partial charge on any atom is 0.241 e. The summed E-state index contributed by atoms with van der Waals surface area (Å²) in [5.74, 6) is -0.147. The van der Waals surface area contributed by atoms with Gasteiger partial charge in [0, 0.05) is 32.7 Å². The van der Waals surface area contributed by atoms with Gasteiger partial charge in [-0.2, -0.15) is 0 Å². The van der Waals surface area contributed by atoms with Gasteiger partial charge in [0.15, 0.2) is 0 Å². The lowest BCUT2D eigenvalue weighted by Gasteiger charge is -2.30. The molecule has 0 radical (unpaired) electrons. The quantitative estimate of drug-likeness (QED) is 0.585. The number of carbonyl (C=O) groups is 2. The lowest BCUT2D eigenvalue weighted by molar-refractivity contribution is -0.136. The summed E-state index contributed by atoms with van der Waals surface area (Å²) in [5.41, 5.74) is 0. The third kappa shape index (κ3) is 4.62. The molecule has 0 aliphatic carbocycles. The highest BCUT2D eigenvalue weighted by atomic mass is 16.2. The summed E-state index contributed by atoms with van der Waals surface area (Å²) >= 11 is 0. The van der Waals surface area contributed by atoms with Crippen LogP contribution in [0.2, 0.25) is 0 Å². The summed E-state index contributed by atoms with van der Waals surface area (Å²) < 4.78 is 0. The van der Waals surface area contributed by atoms with Crippen LogP contribution in [-0.2, 0) is 9.59 Å². The van der Waals surface area contributed by atoms with E-state index in [-0.39, 0.29) is 24.4 Å². The van der Waals surface area contributed by atoms with Gasteiger partial charge in [-0.05, 0) is 13.3 Å². The Morgan fingerprint density at radius 2 is 2.06 bits per heavy atom. The first-order chi connectivity index (χ1) is 8.54. The molecule has 2 atom stereocenters. The summed E-state index contributed by atoms with van der Waals surface area (Å²) in [5, 5.41) is 9.18. The van der Waals surface area contributed by atoms with Crippen LogP contribution in [0.1, 0.15) is 20.3 Å². The fourth-order valence-corrected chi connectivity index (χ4v) is 1.84. The van der Waals surface area contributed by atoms with Crippen molar-refractivity contribution in [3.05, 3.63) is 0 Å². The fraction of sp³-hybridized carbons (Fsp3) is 0.833. The second kappa shape index (κ2) is 7.33. The van der Waals surface area contributed by atoms with Crippen LogP contribution in [0.3, 0.4) is 0 Å². The number of likely N-dealkylation sites (N-methyl/N-ethyl adjacent to an activating group) is 1. The Hall–Kier alpha value is -1.14. The number of rotatable bonds is 5. The number of hydrogen-bond donors (Lipinski definition) is 3. The van der Waals surface area contributed by atoms with Crippen molar-refractivity contribution in [2.24, 2.45) is 0 Å². The molecule has 1 heterocycles. The SMILES string of the molecule is CCCNC(=O)CN(C)C(=O)C1CNC(C)CN1. The highest BCUT2D eigenvalue weighted by molar-refractivity contribution is 5.87. The minimum absolute atomic E-state index is 0.0407. The molecule has 1 rings (SSSR count). The Bertz CT molecular complexity index is 288. The van der Waals surface area contributed by atoms with Crippen molar-refractivity contribution in [2.75, 3.05) is 33.2 Å². The number of nitrogens with zero attached hydrogens (tertiary/aromatic N) is 1. The summed E-state index contributed by atoms with van der Waals surface area (Å²) in [6.45, 7) is 6.21. The number of nitrogens with one attached hydrogen (secondary N) is 3. The second-order valence-corrected chi connectivity index (χ2v) is 4.81. The van der Waals surface area contributed by atoms with Crippen LogP contribution in [0.15, 0.2) is 0 Å². The Morgan fingerprint density at radius 1 is 1.33 bits per heavy atom. The van der Waals surface area contributed by atoms with E-state index in [2.05, 4.69) is 22.9 Å². The van der Waals surface area contributed by atoms with E-state index in [4.69, 9.17) is 0 Å². The van der Waals surface area contributed by atoms with Crippen LogP contribution < -0.4 is 16.0 Å². The van der Waals surface area contributed by atoms with Gasteiger partial charge in [-0.25, -0.2) is 0 Å². The standard InChI is InChI=1S/C12H24N4O2/c1-4-5-13-11(17)8-16(3)12(18)10-7-14-9(2)6-15-10/h9-10,14-15H,4-8H2,1-3H3,(H,13,17). The number of piperazine rings is 1. The molecule has 2 unspecified atom stereocenters. The summed E-state index contributed by atoms with van der Waals surface area (Å²) in [6, 6.07) is 0.150. The molecule has 1 saturated heterocycles. The van der Waals surface area contributed by atoms with Gasteiger partial charge in [0.05, 0.1) is 12.6 Å². The van der Waals surface area contributed by atoms with Crippen LogP contribution in [-0.4, -0.2) is 62.0 Å². The Morgan fingerprint density at radius 3 is 2.61 bits per heavy atom. The molecule has 0 saturated carbocycles. The zero-order chi connectivity index (χ0) is 13.5. The molecule has 6 heteroatoms. The van der Waals surface area contributed by atoms with Crippen molar-refractivity contribution in [1.82, 2.24) is 20.9 Å². The van der Waals surface area contributed by atoms with Crippen LogP contribution in [0.25, 0.3) is 0 Å². The average Bonchev–Trinajstić information content (AvgIpc) is 2.36. The maximum atomic E-state index is 12.1. The predicted molar refractivity (Wildman–Crippen MR) is 70.2 cm³/mol. The van der Waals surface area contributed by atoms with Crippen LogP contribution in [0.5, 0.6) is 0 Å². The molecule has 2 amide bonds. The minimum atomic E-state index is -0.231. The van der Waals surface area contributed by atoms with Gasteiger partial charge in [0.25, 0.3) is 0 Å². The van der Waals surface area contributed by atoms with Gasteiger partial charge in [0.2, 0.25) is 11.8 Å². The Kier molecular flexibility index (Phi) is 6.07. The maximum absolute atomic E-state index is 12.1. The third-order valence-corrected chi connectivity index (χ3v) is 2.97. The molecule has 1 aliphatic rings. The van der Waals surface area contributed by atoms with Crippen molar-refractivity contribution in [1.29, 1.82) is 0 Å². The smallest absolute Gasteiger partial charge is 0.241 e. The Labute approximate surface area is 108 Å². The fourth-order valence-electron chi connectivity index (χ4n) is 1.84. The number of amides is 2. The van der Waals surface area contributed by atoms with Crippen molar-refractivity contribution < 1.29 is 9.59 Å². The van der Waals surface area contributed by atoms with Crippen LogP contribution in [0, 0.1) is 0 Å². The van der Waals surface area contributed by atoms with Crippen LogP contribution >= 0.6 is 0 Å². The molecule has 1 aliphatic heterocycles. The highest BCUT2D eigenvalue weighted by Crippen LogP contribution is 1.97. The number of carbonyl (C=O) groups excluding carboxylic acids is 2. The van der Waals surface area contributed by atoms with E-state index < -0.39 is 0 Å². The highest BCUT2D eigenvalue weighted by Gasteiger charge is 2.26. The molecule has 3 N–H and O–H groups in total. The largest absolute Gasteiger partial charge is 0.355 e. The zero-order valence-corrected chi connectivity index (χ0v) is 11.5. The normalized spacial score (nSPS) is 23.5. The predicted octanol–water partition coefficient (Wildman–Crippen LogP) is -1.08. The van der Waals surface area contributed by atoms with Gasteiger partial charge >= 0.3 is 0 Å². The first-order valence-electron chi connectivity index (χ1n) is 6.53.